The van der Waals surface area contributed by atoms with Gasteiger partial charge in [-0.2, -0.15) is 0 Å². The predicted molar refractivity (Wildman–Crippen MR) is 89.2 cm³/mol. The lowest BCUT2D eigenvalue weighted by atomic mass is 10.2. The molecule has 1 fully saturated rings. The molecule has 1 aliphatic rings. The fourth-order valence-electron chi connectivity index (χ4n) is 2.49. The monoisotopic (exact) mass is 328 g/mol. The lowest BCUT2D eigenvalue weighted by Crippen LogP contribution is -2.36. The van der Waals surface area contributed by atoms with E-state index in [0.717, 1.165) is 24.5 Å². The van der Waals surface area contributed by atoms with Crippen LogP contribution in [0, 0.1) is 0 Å². The first-order valence-corrected chi connectivity index (χ1v) is 7.82. The number of amides is 1. The first-order chi connectivity index (χ1) is 11.8. The second-order valence-corrected chi connectivity index (χ2v) is 5.39. The van der Waals surface area contributed by atoms with Gasteiger partial charge in [0.2, 0.25) is 5.88 Å². The van der Waals surface area contributed by atoms with Crippen molar-refractivity contribution in [3.05, 3.63) is 47.9 Å². The second kappa shape index (κ2) is 7.74. The Labute approximate surface area is 140 Å². The molecule has 0 spiro atoms. The summed E-state index contributed by atoms with van der Waals surface area (Å²) in [5.74, 6) is 0.347. The van der Waals surface area contributed by atoms with Gasteiger partial charge in [-0.05, 0) is 12.1 Å². The number of carbonyl (C=O) groups is 1. The molecule has 0 saturated carbocycles. The van der Waals surface area contributed by atoms with Gasteiger partial charge in [-0.25, -0.2) is 4.98 Å². The van der Waals surface area contributed by atoms with Crippen LogP contribution in [-0.4, -0.2) is 49.3 Å². The minimum absolute atomic E-state index is 0.178. The maximum atomic E-state index is 12.4. The zero-order valence-corrected chi connectivity index (χ0v) is 13.6. The summed E-state index contributed by atoms with van der Waals surface area (Å²) >= 11 is 0. The summed E-state index contributed by atoms with van der Waals surface area (Å²) in [5, 5.41) is 2.86. The molecular formula is C17H20N4O3. The highest BCUT2D eigenvalue weighted by Gasteiger charge is 2.14. The molecule has 0 aliphatic carbocycles. The van der Waals surface area contributed by atoms with Crippen molar-refractivity contribution in [3.8, 4) is 5.88 Å². The van der Waals surface area contributed by atoms with E-state index in [1.165, 1.54) is 0 Å². The predicted octanol–water partition coefficient (Wildman–Crippen LogP) is 1.25. The third-order valence-corrected chi connectivity index (χ3v) is 3.78. The van der Waals surface area contributed by atoms with E-state index in [9.17, 15) is 4.79 Å². The molecule has 7 heteroatoms. The van der Waals surface area contributed by atoms with Crippen LogP contribution in [0.5, 0.6) is 5.88 Å². The molecule has 0 unspecified atom stereocenters. The number of morpholine rings is 1. The van der Waals surface area contributed by atoms with Crippen molar-refractivity contribution >= 4 is 11.6 Å². The van der Waals surface area contributed by atoms with E-state index in [-0.39, 0.29) is 5.91 Å². The number of nitrogens with one attached hydrogen (secondary N) is 1. The van der Waals surface area contributed by atoms with E-state index in [4.69, 9.17) is 9.47 Å². The van der Waals surface area contributed by atoms with E-state index < -0.39 is 0 Å². The smallest absolute Gasteiger partial charge is 0.253 e. The number of hydrogen-bond acceptors (Lipinski definition) is 6. The zero-order chi connectivity index (χ0) is 16.8. The summed E-state index contributed by atoms with van der Waals surface area (Å²) in [7, 11) is 1.56. The number of hydrogen-bond donors (Lipinski definition) is 1. The Morgan fingerprint density at radius 1 is 1.33 bits per heavy atom. The number of nitrogens with zero attached hydrogens (tertiary/aromatic N) is 3. The summed E-state index contributed by atoms with van der Waals surface area (Å²) in [4.78, 5) is 23.0. The van der Waals surface area contributed by atoms with Crippen LogP contribution in [0.2, 0.25) is 0 Å². The average Bonchev–Trinajstić information content (AvgIpc) is 2.67. The summed E-state index contributed by atoms with van der Waals surface area (Å²) in [6, 6.07) is 7.30. The molecule has 0 bridgehead atoms. The van der Waals surface area contributed by atoms with Crippen LogP contribution in [0.4, 0.5) is 5.69 Å². The van der Waals surface area contributed by atoms with E-state index >= 15 is 0 Å². The fourth-order valence-corrected chi connectivity index (χ4v) is 2.49. The Morgan fingerprint density at radius 3 is 2.96 bits per heavy atom. The molecule has 126 valence electrons. The fraction of sp³-hybridized carbons (Fsp3) is 0.353. The Hall–Kier alpha value is -2.67. The molecule has 0 aromatic carbocycles. The third kappa shape index (κ3) is 3.99. The van der Waals surface area contributed by atoms with Crippen LogP contribution < -0.4 is 15.0 Å². The van der Waals surface area contributed by atoms with Gasteiger partial charge in [0.25, 0.3) is 5.91 Å². The maximum absolute atomic E-state index is 12.4. The number of aromatic nitrogens is 2. The molecule has 0 atom stereocenters. The van der Waals surface area contributed by atoms with Crippen LogP contribution >= 0.6 is 0 Å². The Kier molecular flexibility index (Phi) is 5.22. The molecule has 2 aromatic heterocycles. The molecule has 7 nitrogen and oxygen atoms in total. The van der Waals surface area contributed by atoms with Gasteiger partial charge in [0.05, 0.1) is 50.0 Å². The van der Waals surface area contributed by atoms with Gasteiger partial charge in [0, 0.05) is 25.4 Å². The molecular weight excluding hydrogens is 308 g/mol. The molecule has 24 heavy (non-hydrogen) atoms. The number of methoxy groups -OCH3 is 1. The summed E-state index contributed by atoms with van der Waals surface area (Å²) in [5.41, 5.74) is 2.20. The van der Waals surface area contributed by atoms with Crippen molar-refractivity contribution in [2.45, 2.75) is 6.54 Å². The Bertz CT molecular complexity index is 702. The van der Waals surface area contributed by atoms with Crippen molar-refractivity contribution < 1.29 is 14.3 Å². The Balaban J connectivity index is 1.64. The summed E-state index contributed by atoms with van der Waals surface area (Å²) < 4.78 is 10.4. The molecule has 1 N–H and O–H groups in total. The van der Waals surface area contributed by atoms with Crippen molar-refractivity contribution in [2.75, 3.05) is 38.3 Å². The first kappa shape index (κ1) is 16.2. The normalized spacial score (nSPS) is 14.3. The molecule has 3 heterocycles. The SMILES string of the molecule is COc1cccc(CNC(=O)c2cncc(N3CCOCC3)c2)n1. The van der Waals surface area contributed by atoms with Crippen molar-refractivity contribution in [1.29, 1.82) is 0 Å². The summed E-state index contributed by atoms with van der Waals surface area (Å²) in [6.45, 7) is 3.33. The van der Waals surface area contributed by atoms with E-state index in [0.29, 0.717) is 31.2 Å². The number of ether oxygens (including phenoxy) is 2. The van der Waals surface area contributed by atoms with Gasteiger partial charge < -0.3 is 19.7 Å². The van der Waals surface area contributed by atoms with Gasteiger partial charge in [0.1, 0.15) is 0 Å². The van der Waals surface area contributed by atoms with Gasteiger partial charge in [-0.3, -0.25) is 9.78 Å². The van der Waals surface area contributed by atoms with Crippen LogP contribution in [0.3, 0.4) is 0 Å². The lowest BCUT2D eigenvalue weighted by molar-refractivity contribution is 0.0950. The van der Waals surface area contributed by atoms with Gasteiger partial charge in [-0.1, -0.05) is 6.07 Å². The molecule has 2 aromatic rings. The highest BCUT2D eigenvalue weighted by molar-refractivity contribution is 5.94. The van der Waals surface area contributed by atoms with Crippen LogP contribution in [0.15, 0.2) is 36.7 Å². The number of rotatable bonds is 5. The quantitative estimate of drug-likeness (QED) is 0.890. The number of carbonyl (C=O) groups excluding carboxylic acids is 1. The topological polar surface area (TPSA) is 76.6 Å². The standard InChI is InChI=1S/C17H20N4O3/c1-23-16-4-2-3-14(20-16)11-19-17(22)13-9-15(12-18-10-13)21-5-7-24-8-6-21/h2-4,9-10,12H,5-8,11H2,1H3,(H,19,22). The van der Waals surface area contributed by atoms with Crippen molar-refractivity contribution in [3.63, 3.8) is 0 Å². The molecule has 1 amide bonds. The molecule has 0 radical (unpaired) electrons. The second-order valence-electron chi connectivity index (χ2n) is 5.39. The molecule has 1 saturated heterocycles. The van der Waals surface area contributed by atoms with Crippen LogP contribution in [-0.2, 0) is 11.3 Å². The zero-order valence-electron chi connectivity index (χ0n) is 13.6. The van der Waals surface area contributed by atoms with Crippen molar-refractivity contribution in [2.24, 2.45) is 0 Å². The molecule has 3 rings (SSSR count). The van der Waals surface area contributed by atoms with Crippen LogP contribution in [0.1, 0.15) is 16.1 Å². The van der Waals surface area contributed by atoms with Crippen LogP contribution in [0.25, 0.3) is 0 Å². The lowest BCUT2D eigenvalue weighted by Gasteiger charge is -2.28. The van der Waals surface area contributed by atoms with Crippen molar-refractivity contribution in [1.82, 2.24) is 15.3 Å². The third-order valence-electron chi connectivity index (χ3n) is 3.78. The largest absolute Gasteiger partial charge is 0.481 e. The van der Waals surface area contributed by atoms with Gasteiger partial charge in [-0.15, -0.1) is 0 Å². The number of pyridine rings is 2. The minimum Gasteiger partial charge on any atom is -0.481 e. The highest BCUT2D eigenvalue weighted by atomic mass is 16.5. The molecule has 1 aliphatic heterocycles. The Morgan fingerprint density at radius 2 is 2.17 bits per heavy atom. The minimum atomic E-state index is -0.178. The van der Waals surface area contributed by atoms with Gasteiger partial charge >= 0.3 is 0 Å². The van der Waals surface area contributed by atoms with E-state index in [1.54, 1.807) is 25.6 Å². The van der Waals surface area contributed by atoms with E-state index in [1.807, 2.05) is 18.2 Å². The summed E-state index contributed by atoms with van der Waals surface area (Å²) in [6.07, 6.45) is 3.34. The first-order valence-electron chi connectivity index (χ1n) is 7.82. The van der Waals surface area contributed by atoms with E-state index in [2.05, 4.69) is 20.2 Å². The van der Waals surface area contributed by atoms with Gasteiger partial charge in [0.15, 0.2) is 0 Å². The maximum Gasteiger partial charge on any atom is 0.253 e. The highest BCUT2D eigenvalue weighted by Crippen LogP contribution is 2.16. The average molecular weight is 328 g/mol. The number of anilines is 1.